The Kier molecular flexibility index (Phi) is 5.27. The third-order valence-corrected chi connectivity index (χ3v) is 4.72. The number of oxime groups is 1. The van der Waals surface area contributed by atoms with Crippen molar-refractivity contribution in [3.05, 3.63) is 77.9 Å². The molecule has 2 N–H and O–H groups in total. The van der Waals surface area contributed by atoms with Gasteiger partial charge in [0.15, 0.2) is 0 Å². The van der Waals surface area contributed by atoms with Crippen LogP contribution in [0.5, 0.6) is 0 Å². The number of halogens is 3. The van der Waals surface area contributed by atoms with Crippen LogP contribution in [-0.2, 0) is 17.9 Å². The van der Waals surface area contributed by atoms with E-state index in [1.807, 2.05) is 30.3 Å². The van der Waals surface area contributed by atoms with Gasteiger partial charge in [0.25, 0.3) is 0 Å². The summed E-state index contributed by atoms with van der Waals surface area (Å²) in [4.78, 5) is 8.25. The normalized spacial score (nSPS) is 18.9. The fraction of sp³-hybridized carbons (Fsp3) is 0.250. The number of hydrogen-bond acceptors (Lipinski definition) is 6. The van der Waals surface area contributed by atoms with Gasteiger partial charge in [-0.1, -0.05) is 41.6 Å². The molecule has 0 fully saturated rings. The molecule has 30 heavy (non-hydrogen) atoms. The van der Waals surface area contributed by atoms with Crippen LogP contribution in [0.25, 0.3) is 5.69 Å². The van der Waals surface area contributed by atoms with Crippen molar-refractivity contribution < 1.29 is 23.1 Å². The SMILES string of the molecule is OC1(C(F)(F)F)CC(c2cccc(CNCc3ccccc3-n3cncn3)c2)=NO1. The van der Waals surface area contributed by atoms with Gasteiger partial charge in [0.2, 0.25) is 0 Å². The lowest BCUT2D eigenvalue weighted by Gasteiger charge is -2.22. The minimum absolute atomic E-state index is 0.0493. The number of nitrogens with one attached hydrogen (secondary N) is 1. The van der Waals surface area contributed by atoms with Gasteiger partial charge >= 0.3 is 12.0 Å². The van der Waals surface area contributed by atoms with Crippen LogP contribution in [0.3, 0.4) is 0 Å². The van der Waals surface area contributed by atoms with Gasteiger partial charge in [-0.15, -0.1) is 0 Å². The first-order chi connectivity index (χ1) is 14.4. The van der Waals surface area contributed by atoms with Gasteiger partial charge in [0.1, 0.15) is 12.7 Å². The standard InChI is InChI=1S/C20H18F3N5O2/c21-20(22,23)19(29)9-17(27-30-19)15-6-3-4-14(8-15)10-24-11-16-5-1-2-7-18(16)28-13-25-12-26-28/h1-8,12-13,24,29H,9-11H2. The highest BCUT2D eigenvalue weighted by Gasteiger charge is 2.60. The fourth-order valence-corrected chi connectivity index (χ4v) is 3.15. The number of rotatable bonds is 6. The highest BCUT2D eigenvalue weighted by molar-refractivity contribution is 6.01. The molecule has 4 rings (SSSR count). The maximum atomic E-state index is 12.9. The topological polar surface area (TPSA) is 84.6 Å². The molecule has 10 heteroatoms. The highest BCUT2D eigenvalue weighted by atomic mass is 19.4. The minimum Gasteiger partial charge on any atom is -0.350 e. The van der Waals surface area contributed by atoms with Crippen LogP contribution in [0.15, 0.2) is 66.3 Å². The number of aromatic nitrogens is 3. The van der Waals surface area contributed by atoms with E-state index in [1.54, 1.807) is 29.2 Å². The van der Waals surface area contributed by atoms with Gasteiger partial charge in [-0.05, 0) is 28.8 Å². The smallest absolute Gasteiger partial charge is 0.350 e. The van der Waals surface area contributed by atoms with Crippen molar-refractivity contribution in [2.24, 2.45) is 5.16 Å². The average Bonchev–Trinajstić information content (AvgIpc) is 3.39. The summed E-state index contributed by atoms with van der Waals surface area (Å²) in [5.74, 6) is -3.28. The molecule has 0 aliphatic carbocycles. The first-order valence-electron chi connectivity index (χ1n) is 9.13. The van der Waals surface area contributed by atoms with Gasteiger partial charge in [-0.2, -0.15) is 18.3 Å². The summed E-state index contributed by atoms with van der Waals surface area (Å²) >= 11 is 0. The summed E-state index contributed by atoms with van der Waals surface area (Å²) in [5.41, 5.74) is 3.30. The Morgan fingerprint density at radius 2 is 1.97 bits per heavy atom. The molecule has 2 aromatic carbocycles. The third kappa shape index (κ3) is 4.05. The zero-order chi connectivity index (χ0) is 21.2. The summed E-state index contributed by atoms with van der Waals surface area (Å²) in [6.07, 6.45) is -2.59. The van der Waals surface area contributed by atoms with E-state index in [-0.39, 0.29) is 5.71 Å². The molecule has 2 heterocycles. The molecule has 7 nitrogen and oxygen atoms in total. The molecule has 1 aliphatic rings. The predicted molar refractivity (Wildman–Crippen MR) is 102 cm³/mol. The third-order valence-electron chi connectivity index (χ3n) is 4.72. The zero-order valence-electron chi connectivity index (χ0n) is 15.7. The summed E-state index contributed by atoms with van der Waals surface area (Å²) in [5, 5.41) is 20.5. The van der Waals surface area contributed by atoms with Gasteiger partial charge in [0.05, 0.1) is 17.8 Å². The van der Waals surface area contributed by atoms with Crippen LogP contribution < -0.4 is 5.32 Å². The molecule has 0 saturated heterocycles. The van der Waals surface area contributed by atoms with Crippen LogP contribution in [0.4, 0.5) is 13.2 Å². The molecule has 0 radical (unpaired) electrons. The maximum absolute atomic E-state index is 12.9. The Morgan fingerprint density at radius 1 is 1.13 bits per heavy atom. The Labute approximate surface area is 169 Å². The van der Waals surface area contributed by atoms with Gasteiger partial charge < -0.3 is 15.3 Å². The number of aliphatic hydroxyl groups is 1. The molecule has 1 aliphatic heterocycles. The van der Waals surface area contributed by atoms with E-state index in [1.165, 1.54) is 6.33 Å². The molecule has 1 unspecified atom stereocenters. The first-order valence-corrected chi connectivity index (χ1v) is 9.13. The Hall–Kier alpha value is -3.24. The largest absolute Gasteiger partial charge is 0.458 e. The van der Waals surface area contributed by atoms with Crippen LogP contribution in [0, 0.1) is 0 Å². The zero-order valence-corrected chi connectivity index (χ0v) is 15.7. The van der Waals surface area contributed by atoms with Gasteiger partial charge in [-0.3, -0.25) is 0 Å². The molecule has 0 spiro atoms. The Morgan fingerprint density at radius 3 is 2.70 bits per heavy atom. The second-order valence-corrected chi connectivity index (χ2v) is 6.86. The van der Waals surface area contributed by atoms with Crippen molar-refractivity contribution in [1.82, 2.24) is 20.1 Å². The highest BCUT2D eigenvalue weighted by Crippen LogP contribution is 2.38. The van der Waals surface area contributed by atoms with Crippen LogP contribution >= 0.6 is 0 Å². The molecule has 3 aromatic rings. The Balaban J connectivity index is 1.41. The second kappa shape index (κ2) is 7.88. The average molecular weight is 417 g/mol. The maximum Gasteiger partial charge on any atom is 0.458 e. The van der Waals surface area contributed by atoms with E-state index in [2.05, 4.69) is 25.4 Å². The van der Waals surface area contributed by atoms with E-state index in [9.17, 15) is 18.3 Å². The number of para-hydroxylation sites is 1. The number of alkyl halides is 3. The molecular weight excluding hydrogens is 399 g/mol. The van der Waals surface area contributed by atoms with Crippen molar-refractivity contribution in [1.29, 1.82) is 0 Å². The molecule has 156 valence electrons. The quantitative estimate of drug-likeness (QED) is 0.644. The lowest BCUT2D eigenvalue weighted by Crippen LogP contribution is -2.45. The molecule has 0 saturated carbocycles. The van der Waals surface area contributed by atoms with Crippen molar-refractivity contribution in [3.8, 4) is 5.69 Å². The lowest BCUT2D eigenvalue weighted by molar-refractivity contribution is -0.355. The summed E-state index contributed by atoms with van der Waals surface area (Å²) in [6, 6.07) is 14.7. The van der Waals surface area contributed by atoms with Crippen LogP contribution in [-0.4, -0.2) is 37.5 Å². The van der Waals surface area contributed by atoms with E-state index >= 15 is 0 Å². The fourth-order valence-electron chi connectivity index (χ4n) is 3.15. The van der Waals surface area contributed by atoms with E-state index in [4.69, 9.17) is 0 Å². The van der Waals surface area contributed by atoms with Crippen LogP contribution in [0.1, 0.15) is 23.1 Å². The van der Waals surface area contributed by atoms with Crippen molar-refractivity contribution >= 4 is 5.71 Å². The number of benzene rings is 2. The molecular formula is C20H18F3N5O2. The number of nitrogens with zero attached hydrogens (tertiary/aromatic N) is 4. The van der Waals surface area contributed by atoms with Crippen molar-refractivity contribution in [2.75, 3.05) is 0 Å². The summed E-state index contributed by atoms with van der Waals surface area (Å²) in [7, 11) is 0. The van der Waals surface area contributed by atoms with Crippen molar-refractivity contribution in [2.45, 2.75) is 31.5 Å². The monoisotopic (exact) mass is 417 g/mol. The molecule has 0 bridgehead atoms. The predicted octanol–water partition coefficient (Wildman–Crippen LogP) is 2.93. The first kappa shape index (κ1) is 20.0. The molecule has 1 aromatic heterocycles. The van der Waals surface area contributed by atoms with E-state index < -0.39 is 18.4 Å². The summed E-state index contributed by atoms with van der Waals surface area (Å²) < 4.78 is 40.4. The molecule has 1 atom stereocenters. The summed E-state index contributed by atoms with van der Waals surface area (Å²) in [6.45, 7) is 1.04. The molecule has 0 amide bonds. The second-order valence-electron chi connectivity index (χ2n) is 6.86. The Bertz CT molecular complexity index is 1050. The van der Waals surface area contributed by atoms with E-state index in [0.29, 0.717) is 18.7 Å². The van der Waals surface area contributed by atoms with Crippen molar-refractivity contribution in [3.63, 3.8) is 0 Å². The van der Waals surface area contributed by atoms with E-state index in [0.717, 1.165) is 16.8 Å². The number of hydrogen-bond donors (Lipinski definition) is 2. The van der Waals surface area contributed by atoms with Gasteiger partial charge in [-0.25, -0.2) is 9.67 Å². The lowest BCUT2D eigenvalue weighted by atomic mass is 10.0. The minimum atomic E-state index is -4.92. The van der Waals surface area contributed by atoms with Crippen LogP contribution in [0.2, 0.25) is 0 Å². The van der Waals surface area contributed by atoms with Gasteiger partial charge in [0, 0.05) is 13.1 Å².